The summed E-state index contributed by atoms with van der Waals surface area (Å²) in [5, 5.41) is 11.7. The highest BCUT2D eigenvalue weighted by atomic mass is 32.1. The van der Waals surface area contributed by atoms with Gasteiger partial charge in [-0.05, 0) is 48.9 Å². The number of halogens is 1. The summed E-state index contributed by atoms with van der Waals surface area (Å²) in [4.78, 5) is 18.5. The van der Waals surface area contributed by atoms with Gasteiger partial charge in [-0.3, -0.25) is 9.69 Å². The molecule has 0 amide bonds. The molecule has 148 valence electrons. The molecule has 2 fully saturated rings. The van der Waals surface area contributed by atoms with Crippen molar-refractivity contribution in [3.05, 3.63) is 51.7 Å². The van der Waals surface area contributed by atoms with E-state index in [0.29, 0.717) is 19.6 Å². The van der Waals surface area contributed by atoms with Crippen LogP contribution in [0.25, 0.3) is 0 Å². The zero-order valence-corrected chi connectivity index (χ0v) is 16.3. The summed E-state index contributed by atoms with van der Waals surface area (Å²) in [6, 6.07) is 5.54. The molecule has 3 unspecified atom stereocenters. The van der Waals surface area contributed by atoms with Crippen LogP contribution >= 0.6 is 11.3 Å². The molecule has 5 rings (SSSR count). The van der Waals surface area contributed by atoms with Crippen LogP contribution in [0.4, 0.5) is 4.39 Å². The summed E-state index contributed by atoms with van der Waals surface area (Å²) in [6.07, 6.45) is 4.17. The minimum absolute atomic E-state index is 0.215. The number of aliphatic carboxylic acids is 1. The number of rotatable bonds is 5. The van der Waals surface area contributed by atoms with E-state index in [2.05, 4.69) is 9.88 Å². The number of hydrogen-bond donors (Lipinski definition) is 1. The van der Waals surface area contributed by atoms with Crippen LogP contribution in [0.15, 0.2) is 29.1 Å². The van der Waals surface area contributed by atoms with Gasteiger partial charge >= 0.3 is 5.97 Å². The monoisotopic (exact) mass is 402 g/mol. The summed E-state index contributed by atoms with van der Waals surface area (Å²) in [5.41, 5.74) is 4.27. The Morgan fingerprint density at radius 1 is 1.39 bits per heavy atom. The van der Waals surface area contributed by atoms with Crippen molar-refractivity contribution in [1.82, 2.24) is 9.88 Å². The van der Waals surface area contributed by atoms with Gasteiger partial charge in [0.25, 0.3) is 0 Å². The molecule has 1 aromatic carbocycles. The van der Waals surface area contributed by atoms with Gasteiger partial charge in [-0.2, -0.15) is 0 Å². The number of nitrogens with zero attached hydrogens (tertiary/aromatic N) is 2. The maximum absolute atomic E-state index is 13.9. The lowest BCUT2D eigenvalue weighted by Gasteiger charge is -2.45. The van der Waals surface area contributed by atoms with Crippen molar-refractivity contribution >= 4 is 17.3 Å². The molecular formula is C21H23FN2O3S. The van der Waals surface area contributed by atoms with Crippen LogP contribution in [0.2, 0.25) is 0 Å². The molecule has 1 aromatic heterocycles. The third-order valence-corrected chi connectivity index (χ3v) is 7.32. The average molecular weight is 402 g/mol. The van der Waals surface area contributed by atoms with Crippen LogP contribution in [-0.4, -0.2) is 39.6 Å². The van der Waals surface area contributed by atoms with Crippen molar-refractivity contribution < 1.29 is 19.0 Å². The number of fused-ring (bicyclic) bond motifs is 4. The minimum Gasteiger partial charge on any atom is -0.481 e. The van der Waals surface area contributed by atoms with Gasteiger partial charge in [0, 0.05) is 30.4 Å². The number of thiazole rings is 1. The van der Waals surface area contributed by atoms with E-state index in [9.17, 15) is 14.3 Å². The van der Waals surface area contributed by atoms with E-state index in [-0.39, 0.29) is 17.9 Å². The SMILES string of the molecule is O=C(O)C(Cc1cscn1)CN1C2CCC1CC1(C2)OCc2ccc(F)cc21. The van der Waals surface area contributed by atoms with Crippen LogP contribution in [0.3, 0.4) is 0 Å². The minimum atomic E-state index is -0.766. The fourth-order valence-corrected chi connectivity index (χ4v) is 5.97. The largest absolute Gasteiger partial charge is 0.481 e. The van der Waals surface area contributed by atoms with E-state index < -0.39 is 17.5 Å². The number of carboxylic acids is 1. The molecule has 3 aliphatic heterocycles. The molecule has 0 saturated carbocycles. The molecule has 3 aliphatic rings. The smallest absolute Gasteiger partial charge is 0.308 e. The van der Waals surface area contributed by atoms with Crippen molar-refractivity contribution in [1.29, 1.82) is 0 Å². The Morgan fingerprint density at radius 3 is 2.86 bits per heavy atom. The summed E-state index contributed by atoms with van der Waals surface area (Å²) in [5.74, 6) is -1.45. The van der Waals surface area contributed by atoms with Gasteiger partial charge in [0.1, 0.15) is 5.82 Å². The lowest BCUT2D eigenvalue weighted by Crippen LogP contribution is -2.51. The standard InChI is InChI=1S/C21H23FN2O3S/c22-15-2-1-13-10-27-21(19(13)6-15)7-17-3-4-18(8-21)24(17)9-14(20(25)26)5-16-11-28-12-23-16/h1-2,6,11-12,14,17-18H,3-5,7-10H2,(H,25,26). The molecular weight excluding hydrogens is 379 g/mol. The molecule has 2 bridgehead atoms. The Kier molecular flexibility index (Phi) is 4.49. The topological polar surface area (TPSA) is 62.7 Å². The van der Waals surface area contributed by atoms with Crippen LogP contribution < -0.4 is 0 Å². The van der Waals surface area contributed by atoms with E-state index in [4.69, 9.17) is 4.74 Å². The zero-order chi connectivity index (χ0) is 19.3. The number of carbonyl (C=O) groups is 1. The predicted molar refractivity (Wildman–Crippen MR) is 103 cm³/mol. The van der Waals surface area contributed by atoms with Crippen LogP contribution in [0, 0.1) is 11.7 Å². The Bertz CT molecular complexity index is 874. The van der Waals surface area contributed by atoms with Crippen LogP contribution in [-0.2, 0) is 28.2 Å². The number of benzene rings is 1. The van der Waals surface area contributed by atoms with Gasteiger partial charge in [0.2, 0.25) is 0 Å². The molecule has 2 saturated heterocycles. The normalized spacial score (nSPS) is 29.9. The average Bonchev–Trinajstić information content (AvgIpc) is 3.35. The molecule has 0 aliphatic carbocycles. The summed E-state index contributed by atoms with van der Waals surface area (Å²) in [7, 11) is 0. The van der Waals surface area contributed by atoms with Crippen LogP contribution in [0.1, 0.15) is 42.5 Å². The second kappa shape index (κ2) is 6.90. The van der Waals surface area contributed by atoms with E-state index in [1.165, 1.54) is 17.4 Å². The molecule has 7 heteroatoms. The fraction of sp³-hybridized carbons (Fsp3) is 0.524. The molecule has 4 heterocycles. The van der Waals surface area contributed by atoms with E-state index >= 15 is 0 Å². The zero-order valence-electron chi connectivity index (χ0n) is 15.5. The first kappa shape index (κ1) is 18.2. The molecule has 5 nitrogen and oxygen atoms in total. The van der Waals surface area contributed by atoms with Crippen molar-refractivity contribution in [2.45, 2.75) is 56.4 Å². The van der Waals surface area contributed by atoms with E-state index in [0.717, 1.165) is 42.5 Å². The molecule has 2 aromatic rings. The second-order valence-corrected chi connectivity index (χ2v) is 9.01. The van der Waals surface area contributed by atoms with Crippen molar-refractivity contribution in [2.24, 2.45) is 5.92 Å². The highest BCUT2D eigenvalue weighted by Crippen LogP contribution is 2.52. The number of piperidine rings is 1. The number of ether oxygens (including phenoxy) is 1. The van der Waals surface area contributed by atoms with Crippen LogP contribution in [0.5, 0.6) is 0 Å². The Labute approximate surface area is 167 Å². The highest BCUT2D eigenvalue weighted by molar-refractivity contribution is 7.07. The molecule has 3 atom stereocenters. The first-order valence-corrected chi connectivity index (χ1v) is 10.8. The highest BCUT2D eigenvalue weighted by Gasteiger charge is 2.53. The lowest BCUT2D eigenvalue weighted by atomic mass is 9.79. The Hall–Kier alpha value is -1.83. The third kappa shape index (κ3) is 3.06. The van der Waals surface area contributed by atoms with E-state index in [1.54, 1.807) is 11.6 Å². The number of aromatic nitrogens is 1. The van der Waals surface area contributed by atoms with Crippen molar-refractivity contribution in [2.75, 3.05) is 6.54 Å². The van der Waals surface area contributed by atoms with Gasteiger partial charge in [0.15, 0.2) is 0 Å². The van der Waals surface area contributed by atoms with Gasteiger partial charge < -0.3 is 9.84 Å². The fourth-order valence-electron chi connectivity index (χ4n) is 5.40. The molecule has 28 heavy (non-hydrogen) atoms. The molecule has 1 N–H and O–H groups in total. The van der Waals surface area contributed by atoms with Gasteiger partial charge in [0.05, 0.1) is 29.3 Å². The Balaban J connectivity index is 1.35. The second-order valence-electron chi connectivity index (χ2n) is 8.29. The summed E-state index contributed by atoms with van der Waals surface area (Å²) >= 11 is 1.50. The first-order chi connectivity index (χ1) is 13.5. The quantitative estimate of drug-likeness (QED) is 0.828. The molecule has 0 radical (unpaired) electrons. The first-order valence-electron chi connectivity index (χ1n) is 9.82. The van der Waals surface area contributed by atoms with Crippen molar-refractivity contribution in [3.63, 3.8) is 0 Å². The van der Waals surface area contributed by atoms with Crippen molar-refractivity contribution in [3.8, 4) is 0 Å². The lowest BCUT2D eigenvalue weighted by molar-refractivity contribution is -0.144. The maximum Gasteiger partial charge on any atom is 0.308 e. The van der Waals surface area contributed by atoms with Gasteiger partial charge in [-0.1, -0.05) is 6.07 Å². The summed E-state index contributed by atoms with van der Waals surface area (Å²) in [6.45, 7) is 1.07. The maximum atomic E-state index is 13.9. The number of hydrogen-bond acceptors (Lipinski definition) is 5. The summed E-state index contributed by atoms with van der Waals surface area (Å²) < 4.78 is 20.1. The van der Waals surface area contributed by atoms with E-state index in [1.807, 2.05) is 11.4 Å². The third-order valence-electron chi connectivity index (χ3n) is 6.69. The molecule has 1 spiro atoms. The van der Waals surface area contributed by atoms with Gasteiger partial charge in [-0.15, -0.1) is 11.3 Å². The number of carboxylic acid groups (broad SMARTS) is 1. The Morgan fingerprint density at radius 2 is 2.18 bits per heavy atom. The van der Waals surface area contributed by atoms with Gasteiger partial charge in [-0.25, -0.2) is 9.37 Å². The predicted octanol–water partition coefficient (Wildman–Crippen LogP) is 3.58.